The van der Waals surface area contributed by atoms with Crippen LogP contribution in [0.5, 0.6) is 0 Å². The van der Waals surface area contributed by atoms with E-state index < -0.39 is 0 Å². The van der Waals surface area contributed by atoms with Gasteiger partial charge in [-0.3, -0.25) is 9.89 Å². The number of hydrogen-bond donors (Lipinski definition) is 2. The molecule has 1 unspecified atom stereocenters. The number of rotatable bonds is 6. The number of anilines is 1. The third-order valence-electron chi connectivity index (χ3n) is 5.03. The van der Waals surface area contributed by atoms with Crippen LogP contribution in [0.2, 0.25) is 0 Å². The lowest BCUT2D eigenvalue weighted by molar-refractivity contribution is 0.261. The summed E-state index contributed by atoms with van der Waals surface area (Å²) < 4.78 is 13.0. The minimum absolute atomic E-state index is 0. The second kappa shape index (κ2) is 12.0. The molecule has 152 valence electrons. The van der Waals surface area contributed by atoms with Gasteiger partial charge in [0.1, 0.15) is 5.82 Å². The molecule has 0 radical (unpaired) electrons. The highest BCUT2D eigenvalue weighted by Gasteiger charge is 2.18. The fourth-order valence-electron chi connectivity index (χ4n) is 3.45. The Balaban J connectivity index is 0.00000261. The molecular weight excluding hydrogens is 476 g/mol. The maximum absolute atomic E-state index is 13.0. The molecule has 2 aliphatic rings. The Kier molecular flexibility index (Phi) is 9.99. The van der Waals surface area contributed by atoms with Crippen molar-refractivity contribution in [1.29, 1.82) is 0 Å². The molecular formula is C19H31FIN5S. The van der Waals surface area contributed by atoms with Crippen molar-refractivity contribution in [1.82, 2.24) is 15.5 Å². The Bertz CT molecular complexity index is 572. The van der Waals surface area contributed by atoms with Crippen molar-refractivity contribution in [2.75, 3.05) is 63.5 Å². The molecule has 0 saturated carbocycles. The van der Waals surface area contributed by atoms with Crippen molar-refractivity contribution in [2.45, 2.75) is 18.1 Å². The van der Waals surface area contributed by atoms with Crippen LogP contribution >= 0.6 is 35.7 Å². The topological polar surface area (TPSA) is 42.9 Å². The lowest BCUT2D eigenvalue weighted by Gasteiger charge is -2.36. The number of piperazine rings is 1. The van der Waals surface area contributed by atoms with Gasteiger partial charge in [0.05, 0.1) is 0 Å². The van der Waals surface area contributed by atoms with Gasteiger partial charge in [-0.2, -0.15) is 11.8 Å². The van der Waals surface area contributed by atoms with E-state index in [4.69, 9.17) is 0 Å². The van der Waals surface area contributed by atoms with Crippen LogP contribution in [-0.4, -0.2) is 74.7 Å². The van der Waals surface area contributed by atoms with Gasteiger partial charge in [-0.25, -0.2) is 4.39 Å². The van der Waals surface area contributed by atoms with Gasteiger partial charge in [0, 0.05) is 63.8 Å². The lowest BCUT2D eigenvalue weighted by Crippen LogP contribution is -2.49. The number of nitrogens with zero attached hydrogens (tertiary/aromatic N) is 3. The summed E-state index contributed by atoms with van der Waals surface area (Å²) in [5.74, 6) is 2.02. The van der Waals surface area contributed by atoms with Crippen LogP contribution in [0.4, 0.5) is 10.1 Å². The zero-order valence-electron chi connectivity index (χ0n) is 16.0. The maximum atomic E-state index is 13.0. The van der Waals surface area contributed by atoms with Gasteiger partial charge < -0.3 is 15.5 Å². The molecule has 2 N–H and O–H groups in total. The molecule has 1 aromatic rings. The molecule has 27 heavy (non-hydrogen) atoms. The Hall–Kier alpha value is -0.740. The standard InChI is InChI=1S/C19H30FN5S.HI/c1-21-19(23-15-18-3-2-14-26-18)22-8-9-24-10-12-25(13-11-24)17-6-4-16(20)5-7-17;/h4-7,18H,2-3,8-15H2,1H3,(H2,21,22,23);1H. The molecule has 2 fully saturated rings. The number of thioether (sulfide) groups is 1. The molecule has 0 aromatic heterocycles. The number of benzene rings is 1. The van der Waals surface area contributed by atoms with Crippen molar-refractivity contribution >= 4 is 47.4 Å². The van der Waals surface area contributed by atoms with Gasteiger partial charge in [0.2, 0.25) is 0 Å². The zero-order chi connectivity index (χ0) is 18.2. The third kappa shape index (κ3) is 7.30. The molecule has 1 aromatic carbocycles. The first-order valence-electron chi connectivity index (χ1n) is 9.53. The van der Waals surface area contributed by atoms with E-state index >= 15 is 0 Å². The van der Waals surface area contributed by atoms with Crippen molar-refractivity contribution in [2.24, 2.45) is 4.99 Å². The number of aliphatic imine (C=N–C) groups is 1. The first kappa shape index (κ1) is 22.5. The quantitative estimate of drug-likeness (QED) is 0.352. The van der Waals surface area contributed by atoms with Crippen LogP contribution in [0.1, 0.15) is 12.8 Å². The van der Waals surface area contributed by atoms with Gasteiger partial charge in [-0.15, -0.1) is 24.0 Å². The Labute approximate surface area is 183 Å². The molecule has 2 heterocycles. The number of guanidine groups is 1. The molecule has 2 aliphatic heterocycles. The van der Waals surface area contributed by atoms with Crippen molar-refractivity contribution in [3.05, 3.63) is 30.1 Å². The molecule has 0 bridgehead atoms. The summed E-state index contributed by atoms with van der Waals surface area (Å²) in [6, 6.07) is 6.80. The van der Waals surface area contributed by atoms with Crippen LogP contribution in [0.15, 0.2) is 29.3 Å². The van der Waals surface area contributed by atoms with Gasteiger partial charge in [-0.1, -0.05) is 0 Å². The molecule has 0 aliphatic carbocycles. The maximum Gasteiger partial charge on any atom is 0.191 e. The van der Waals surface area contributed by atoms with E-state index in [-0.39, 0.29) is 29.8 Å². The first-order valence-corrected chi connectivity index (χ1v) is 10.6. The monoisotopic (exact) mass is 507 g/mol. The lowest BCUT2D eigenvalue weighted by atomic mass is 10.2. The Morgan fingerprint density at radius 3 is 2.56 bits per heavy atom. The molecule has 3 rings (SSSR count). The smallest absolute Gasteiger partial charge is 0.191 e. The average molecular weight is 507 g/mol. The predicted molar refractivity (Wildman–Crippen MR) is 125 cm³/mol. The van der Waals surface area contributed by atoms with E-state index in [1.807, 2.05) is 19.2 Å². The van der Waals surface area contributed by atoms with E-state index in [1.54, 1.807) is 0 Å². The Morgan fingerprint density at radius 2 is 1.93 bits per heavy atom. The van der Waals surface area contributed by atoms with E-state index in [0.29, 0.717) is 0 Å². The van der Waals surface area contributed by atoms with Crippen molar-refractivity contribution in [3.8, 4) is 0 Å². The third-order valence-corrected chi connectivity index (χ3v) is 6.43. The van der Waals surface area contributed by atoms with Crippen molar-refractivity contribution < 1.29 is 4.39 Å². The van der Waals surface area contributed by atoms with Gasteiger partial charge >= 0.3 is 0 Å². The summed E-state index contributed by atoms with van der Waals surface area (Å²) in [6.45, 7) is 6.94. The average Bonchev–Trinajstić information content (AvgIpc) is 3.19. The Morgan fingerprint density at radius 1 is 1.19 bits per heavy atom. The van der Waals surface area contributed by atoms with E-state index in [9.17, 15) is 4.39 Å². The minimum atomic E-state index is -0.174. The molecule has 5 nitrogen and oxygen atoms in total. The largest absolute Gasteiger partial charge is 0.369 e. The summed E-state index contributed by atoms with van der Waals surface area (Å²) in [5, 5.41) is 7.60. The number of halogens is 2. The van der Waals surface area contributed by atoms with Crippen LogP contribution < -0.4 is 15.5 Å². The highest BCUT2D eigenvalue weighted by molar-refractivity contribution is 14.0. The second-order valence-corrected chi connectivity index (χ2v) is 8.23. The molecule has 1 atom stereocenters. The van der Waals surface area contributed by atoms with Gasteiger partial charge in [0.15, 0.2) is 5.96 Å². The van der Waals surface area contributed by atoms with Crippen LogP contribution in [0.3, 0.4) is 0 Å². The zero-order valence-corrected chi connectivity index (χ0v) is 19.1. The predicted octanol–water partition coefficient (Wildman–Crippen LogP) is 2.63. The SMILES string of the molecule is CN=C(NCCN1CCN(c2ccc(F)cc2)CC1)NCC1CCCS1.I. The first-order chi connectivity index (χ1) is 12.7. The summed E-state index contributed by atoms with van der Waals surface area (Å²) >= 11 is 2.06. The van der Waals surface area contributed by atoms with Crippen LogP contribution in [0, 0.1) is 5.82 Å². The van der Waals surface area contributed by atoms with Crippen molar-refractivity contribution in [3.63, 3.8) is 0 Å². The van der Waals surface area contributed by atoms with Crippen LogP contribution in [-0.2, 0) is 0 Å². The van der Waals surface area contributed by atoms with E-state index in [2.05, 4.69) is 37.2 Å². The molecule has 8 heteroatoms. The summed E-state index contributed by atoms with van der Waals surface area (Å²) in [6.07, 6.45) is 2.65. The highest BCUT2D eigenvalue weighted by Crippen LogP contribution is 2.25. The second-order valence-electron chi connectivity index (χ2n) is 6.82. The molecule has 2 saturated heterocycles. The van der Waals surface area contributed by atoms with E-state index in [1.165, 1.54) is 30.7 Å². The minimum Gasteiger partial charge on any atom is -0.369 e. The fraction of sp³-hybridized carbons (Fsp3) is 0.632. The fourth-order valence-corrected chi connectivity index (χ4v) is 4.65. The van der Waals surface area contributed by atoms with Crippen LogP contribution in [0.25, 0.3) is 0 Å². The molecule has 0 spiro atoms. The van der Waals surface area contributed by atoms with E-state index in [0.717, 1.165) is 62.7 Å². The number of hydrogen-bond acceptors (Lipinski definition) is 4. The summed E-state index contributed by atoms with van der Waals surface area (Å²) in [4.78, 5) is 9.11. The highest BCUT2D eigenvalue weighted by atomic mass is 127. The number of nitrogens with one attached hydrogen (secondary N) is 2. The normalized spacial score (nSPS) is 21.0. The van der Waals surface area contributed by atoms with Gasteiger partial charge in [-0.05, 0) is 42.9 Å². The van der Waals surface area contributed by atoms with Gasteiger partial charge in [0.25, 0.3) is 0 Å². The summed E-state index contributed by atoms with van der Waals surface area (Å²) in [5.41, 5.74) is 1.11. The summed E-state index contributed by atoms with van der Waals surface area (Å²) in [7, 11) is 1.83. The molecule has 0 amide bonds.